The van der Waals surface area contributed by atoms with E-state index in [-0.39, 0.29) is 24.1 Å². The lowest BCUT2D eigenvalue weighted by molar-refractivity contribution is -0.140. The van der Waals surface area contributed by atoms with Gasteiger partial charge in [0.15, 0.2) is 0 Å². The van der Waals surface area contributed by atoms with E-state index in [9.17, 15) is 9.59 Å². The Morgan fingerprint density at radius 3 is 2.17 bits per heavy atom. The average Bonchev–Trinajstić information content (AvgIpc) is 2.81. The van der Waals surface area contributed by atoms with Crippen LogP contribution in [-0.2, 0) is 22.6 Å². The molecule has 0 aromatic heterocycles. The van der Waals surface area contributed by atoms with Gasteiger partial charge >= 0.3 is 0 Å². The number of thioether (sulfide) groups is 1. The summed E-state index contributed by atoms with van der Waals surface area (Å²) in [6, 6.07) is 23.8. The van der Waals surface area contributed by atoms with Crippen molar-refractivity contribution in [3.8, 4) is 0 Å². The van der Waals surface area contributed by atoms with Crippen LogP contribution in [0.1, 0.15) is 31.9 Å². The van der Waals surface area contributed by atoms with Crippen molar-refractivity contribution in [1.82, 2.24) is 10.2 Å². The first-order chi connectivity index (χ1) is 16.6. The van der Waals surface area contributed by atoms with Crippen molar-refractivity contribution in [3.05, 3.63) is 100 Å². The first-order valence-corrected chi connectivity index (χ1v) is 13.1. The van der Waals surface area contributed by atoms with Crippen LogP contribution in [0.5, 0.6) is 0 Å². The quantitative estimate of drug-likeness (QED) is 0.316. The summed E-state index contributed by atoms with van der Waals surface area (Å²) in [5, 5.41) is 4.27. The van der Waals surface area contributed by atoms with E-state index < -0.39 is 11.6 Å². The lowest BCUT2D eigenvalue weighted by atomic mass is 10.0. The Morgan fingerprint density at radius 2 is 1.54 bits per heavy atom. The number of carbonyl (C=O) groups is 2. The minimum absolute atomic E-state index is 0.144. The Morgan fingerprint density at radius 1 is 0.914 bits per heavy atom. The molecule has 184 valence electrons. The fourth-order valence-electron chi connectivity index (χ4n) is 3.58. The lowest BCUT2D eigenvalue weighted by Crippen LogP contribution is -2.54. The first-order valence-electron chi connectivity index (χ1n) is 11.4. The van der Waals surface area contributed by atoms with Crippen LogP contribution >= 0.6 is 35.0 Å². The molecule has 3 aromatic carbocycles. The van der Waals surface area contributed by atoms with Crippen molar-refractivity contribution in [3.63, 3.8) is 0 Å². The molecule has 0 aliphatic carbocycles. The van der Waals surface area contributed by atoms with Gasteiger partial charge in [0.25, 0.3) is 0 Å². The van der Waals surface area contributed by atoms with Crippen LogP contribution in [0, 0.1) is 0 Å². The minimum Gasteiger partial charge on any atom is -0.350 e. The average molecular weight is 530 g/mol. The Hall–Kier alpha value is -2.47. The second-order valence-electron chi connectivity index (χ2n) is 9.30. The van der Waals surface area contributed by atoms with Gasteiger partial charge in [-0.25, -0.2) is 0 Å². The van der Waals surface area contributed by atoms with Crippen LogP contribution in [0.15, 0.2) is 83.8 Å². The highest BCUT2D eigenvalue weighted by molar-refractivity contribution is 8.00. The number of benzene rings is 3. The molecule has 1 unspecified atom stereocenters. The monoisotopic (exact) mass is 528 g/mol. The largest absolute Gasteiger partial charge is 0.350 e. The van der Waals surface area contributed by atoms with Gasteiger partial charge in [-0.1, -0.05) is 71.7 Å². The minimum atomic E-state index is -0.703. The van der Waals surface area contributed by atoms with Gasteiger partial charge in [-0.3, -0.25) is 9.59 Å². The smallest absolute Gasteiger partial charge is 0.243 e. The normalized spacial score (nSPS) is 12.1. The number of rotatable bonds is 9. The number of hydrogen-bond acceptors (Lipinski definition) is 3. The van der Waals surface area contributed by atoms with Gasteiger partial charge in [-0.2, -0.15) is 0 Å². The molecule has 0 radical (unpaired) electrons. The van der Waals surface area contributed by atoms with Crippen molar-refractivity contribution in [2.45, 2.75) is 50.2 Å². The number of hydrogen-bond donors (Lipinski definition) is 1. The molecule has 0 aliphatic rings. The Bertz CT molecular complexity index is 1130. The molecule has 0 bridgehead atoms. The van der Waals surface area contributed by atoms with Gasteiger partial charge in [0.05, 0.1) is 5.75 Å². The molecule has 2 amide bonds. The third-order valence-corrected chi connectivity index (χ3v) is 6.86. The zero-order valence-corrected chi connectivity index (χ0v) is 22.5. The maximum absolute atomic E-state index is 13.7. The summed E-state index contributed by atoms with van der Waals surface area (Å²) in [6.45, 7) is 6.03. The molecule has 0 heterocycles. The van der Waals surface area contributed by atoms with Gasteiger partial charge in [-0.15, -0.1) is 11.8 Å². The predicted octanol–water partition coefficient (Wildman–Crippen LogP) is 6.64. The SMILES string of the molecule is CC(C)(C)NC(=O)C(Cc1ccccc1)N(Cc1ccccc1Cl)C(=O)CSc1ccc(Cl)cc1. The number of nitrogens with zero attached hydrogens (tertiary/aromatic N) is 1. The number of halogens is 2. The van der Waals surface area contributed by atoms with E-state index in [0.717, 1.165) is 16.0 Å². The van der Waals surface area contributed by atoms with Crippen LogP contribution < -0.4 is 5.32 Å². The van der Waals surface area contributed by atoms with Crippen LogP contribution in [-0.4, -0.2) is 34.0 Å². The van der Waals surface area contributed by atoms with Crippen molar-refractivity contribution in [1.29, 1.82) is 0 Å². The Labute approximate surface area is 222 Å². The first kappa shape index (κ1) is 27.1. The standard InChI is InChI=1S/C28H30Cl2N2O2S/c1-28(2,3)31-27(34)25(17-20-9-5-4-6-10-20)32(18-21-11-7-8-12-24(21)30)26(33)19-35-23-15-13-22(29)14-16-23/h4-16,25H,17-19H2,1-3H3,(H,31,34). The van der Waals surface area contributed by atoms with E-state index >= 15 is 0 Å². The van der Waals surface area contributed by atoms with Gasteiger partial charge in [-0.05, 0) is 62.2 Å². The van der Waals surface area contributed by atoms with E-state index in [1.165, 1.54) is 11.8 Å². The molecule has 0 fully saturated rings. The van der Waals surface area contributed by atoms with E-state index in [4.69, 9.17) is 23.2 Å². The van der Waals surface area contributed by atoms with E-state index in [0.29, 0.717) is 16.5 Å². The van der Waals surface area contributed by atoms with Crippen LogP contribution in [0.25, 0.3) is 0 Å². The van der Waals surface area contributed by atoms with Gasteiger partial charge in [0, 0.05) is 33.4 Å². The second kappa shape index (κ2) is 12.5. The topological polar surface area (TPSA) is 49.4 Å². The summed E-state index contributed by atoms with van der Waals surface area (Å²) in [5.41, 5.74) is 1.33. The lowest BCUT2D eigenvalue weighted by Gasteiger charge is -2.34. The zero-order valence-electron chi connectivity index (χ0n) is 20.1. The Kier molecular flexibility index (Phi) is 9.67. The molecular formula is C28H30Cl2N2O2S. The molecule has 0 saturated heterocycles. The molecule has 1 N–H and O–H groups in total. The molecule has 35 heavy (non-hydrogen) atoms. The van der Waals surface area contributed by atoms with E-state index in [1.807, 2.05) is 81.4 Å². The highest BCUT2D eigenvalue weighted by Gasteiger charge is 2.32. The van der Waals surface area contributed by atoms with Gasteiger partial charge < -0.3 is 10.2 Å². The summed E-state index contributed by atoms with van der Waals surface area (Å²) >= 11 is 13.9. The summed E-state index contributed by atoms with van der Waals surface area (Å²) in [4.78, 5) is 29.8. The van der Waals surface area contributed by atoms with Crippen molar-refractivity contribution in [2.75, 3.05) is 5.75 Å². The maximum Gasteiger partial charge on any atom is 0.243 e. The van der Waals surface area contributed by atoms with Crippen LogP contribution in [0.3, 0.4) is 0 Å². The molecule has 4 nitrogen and oxygen atoms in total. The third kappa shape index (κ3) is 8.60. The summed E-state index contributed by atoms with van der Waals surface area (Å²) in [7, 11) is 0. The summed E-state index contributed by atoms with van der Waals surface area (Å²) in [5.74, 6) is -0.159. The Balaban J connectivity index is 1.93. The van der Waals surface area contributed by atoms with Crippen LogP contribution in [0.2, 0.25) is 10.0 Å². The fraction of sp³-hybridized carbons (Fsp3) is 0.286. The number of amides is 2. The predicted molar refractivity (Wildman–Crippen MR) is 146 cm³/mol. The molecule has 0 spiro atoms. The number of carbonyl (C=O) groups excluding carboxylic acids is 2. The zero-order chi connectivity index (χ0) is 25.4. The van der Waals surface area contributed by atoms with Crippen molar-refractivity contribution in [2.24, 2.45) is 0 Å². The molecule has 1 atom stereocenters. The molecular weight excluding hydrogens is 499 g/mol. The maximum atomic E-state index is 13.7. The second-order valence-corrected chi connectivity index (χ2v) is 11.2. The van der Waals surface area contributed by atoms with Gasteiger partial charge in [0.1, 0.15) is 6.04 Å². The van der Waals surface area contributed by atoms with Gasteiger partial charge in [0.2, 0.25) is 11.8 Å². The number of nitrogens with one attached hydrogen (secondary N) is 1. The van der Waals surface area contributed by atoms with Crippen LogP contribution in [0.4, 0.5) is 0 Å². The van der Waals surface area contributed by atoms with E-state index in [1.54, 1.807) is 23.1 Å². The third-order valence-electron chi connectivity index (χ3n) is 5.24. The van der Waals surface area contributed by atoms with Crippen molar-refractivity contribution < 1.29 is 9.59 Å². The highest BCUT2D eigenvalue weighted by Crippen LogP contribution is 2.24. The summed E-state index contributed by atoms with van der Waals surface area (Å²) in [6.07, 6.45) is 0.393. The fourth-order valence-corrected chi connectivity index (χ4v) is 4.68. The van der Waals surface area contributed by atoms with E-state index in [2.05, 4.69) is 5.32 Å². The molecule has 0 aliphatic heterocycles. The molecule has 3 rings (SSSR count). The molecule has 3 aromatic rings. The van der Waals surface area contributed by atoms with Crippen molar-refractivity contribution >= 4 is 46.8 Å². The summed E-state index contributed by atoms with van der Waals surface area (Å²) < 4.78 is 0. The molecule has 0 saturated carbocycles. The molecule has 7 heteroatoms. The highest BCUT2D eigenvalue weighted by atomic mass is 35.5.